The van der Waals surface area contributed by atoms with Crippen molar-refractivity contribution in [2.75, 3.05) is 11.1 Å². The maximum absolute atomic E-state index is 13.5. The van der Waals surface area contributed by atoms with E-state index in [1.165, 1.54) is 35.2 Å². The van der Waals surface area contributed by atoms with Crippen molar-refractivity contribution in [3.05, 3.63) is 80.7 Å². The molecule has 0 spiro atoms. The normalized spacial score (nSPS) is 11.1. The molecule has 0 bridgehead atoms. The molecule has 0 saturated heterocycles. The molecule has 0 saturated carbocycles. The first-order valence-electron chi connectivity index (χ1n) is 9.60. The number of thiophene rings is 1. The summed E-state index contributed by atoms with van der Waals surface area (Å²) in [5.41, 5.74) is 4.54. The number of hydrogen-bond acceptors (Lipinski definition) is 5. The summed E-state index contributed by atoms with van der Waals surface area (Å²) < 4.78 is 15.6. The first-order chi connectivity index (χ1) is 14.8. The highest BCUT2D eigenvalue weighted by atomic mass is 32.2. The zero-order valence-electron chi connectivity index (χ0n) is 17.2. The molecule has 5 nitrogen and oxygen atoms in total. The quantitative estimate of drug-likeness (QED) is 0.331. The summed E-state index contributed by atoms with van der Waals surface area (Å²) in [4.78, 5) is 30.4. The zero-order valence-corrected chi connectivity index (χ0v) is 18.9. The van der Waals surface area contributed by atoms with Crippen molar-refractivity contribution in [2.45, 2.75) is 25.9 Å². The Labute approximate surface area is 187 Å². The van der Waals surface area contributed by atoms with Crippen LogP contribution < -0.4 is 10.9 Å². The Bertz CT molecular complexity index is 1360. The fourth-order valence-electron chi connectivity index (χ4n) is 3.13. The van der Waals surface area contributed by atoms with Crippen LogP contribution in [-0.4, -0.2) is 21.2 Å². The summed E-state index contributed by atoms with van der Waals surface area (Å²) in [6.07, 6.45) is 0. The van der Waals surface area contributed by atoms with Gasteiger partial charge in [0.15, 0.2) is 5.16 Å². The number of halogens is 1. The number of aryl methyl sites for hydroxylation is 3. The molecule has 1 amide bonds. The van der Waals surface area contributed by atoms with E-state index in [-0.39, 0.29) is 17.2 Å². The standard InChI is InChI=1S/C23H20FN3O2S2/c1-13-5-7-17(10-15(13)3)27-22(29)21-18(8-9-30-21)26-23(27)31-12-20(28)25-19-11-16(24)6-4-14(19)2/h4-11H,12H2,1-3H3,(H,25,28). The van der Waals surface area contributed by atoms with Crippen molar-refractivity contribution >= 4 is 44.9 Å². The Morgan fingerprint density at radius 2 is 1.87 bits per heavy atom. The Morgan fingerprint density at radius 3 is 2.65 bits per heavy atom. The number of fused-ring (bicyclic) bond motifs is 1. The van der Waals surface area contributed by atoms with E-state index < -0.39 is 5.82 Å². The molecule has 0 fully saturated rings. The average Bonchev–Trinajstić information content (AvgIpc) is 3.20. The highest BCUT2D eigenvalue weighted by molar-refractivity contribution is 7.99. The third kappa shape index (κ3) is 4.40. The highest BCUT2D eigenvalue weighted by Gasteiger charge is 2.16. The Kier molecular flexibility index (Phi) is 5.93. The number of amides is 1. The van der Waals surface area contributed by atoms with Gasteiger partial charge in [-0.05, 0) is 73.2 Å². The number of rotatable bonds is 5. The molecule has 0 atom stereocenters. The molecule has 0 aliphatic heterocycles. The van der Waals surface area contributed by atoms with E-state index in [4.69, 9.17) is 0 Å². The van der Waals surface area contributed by atoms with Gasteiger partial charge in [-0.1, -0.05) is 23.9 Å². The largest absolute Gasteiger partial charge is 0.325 e. The highest BCUT2D eigenvalue weighted by Crippen LogP contribution is 2.25. The number of thioether (sulfide) groups is 1. The van der Waals surface area contributed by atoms with E-state index >= 15 is 0 Å². The Morgan fingerprint density at radius 1 is 1.10 bits per heavy atom. The molecule has 1 N–H and O–H groups in total. The second-order valence-electron chi connectivity index (χ2n) is 7.23. The molecule has 2 heterocycles. The lowest BCUT2D eigenvalue weighted by atomic mass is 10.1. The van der Waals surface area contributed by atoms with Gasteiger partial charge in [0.1, 0.15) is 10.5 Å². The molecule has 0 unspecified atom stereocenters. The predicted molar refractivity (Wildman–Crippen MR) is 125 cm³/mol. The molecule has 158 valence electrons. The summed E-state index contributed by atoms with van der Waals surface area (Å²) in [5, 5.41) is 5.00. The van der Waals surface area contributed by atoms with Crippen LogP contribution in [0.4, 0.5) is 10.1 Å². The van der Waals surface area contributed by atoms with Gasteiger partial charge in [-0.2, -0.15) is 0 Å². The lowest BCUT2D eigenvalue weighted by Gasteiger charge is -2.14. The number of hydrogen-bond donors (Lipinski definition) is 1. The van der Waals surface area contributed by atoms with E-state index in [1.807, 2.05) is 37.4 Å². The minimum Gasteiger partial charge on any atom is -0.325 e. The van der Waals surface area contributed by atoms with E-state index in [2.05, 4.69) is 10.3 Å². The lowest BCUT2D eigenvalue weighted by Crippen LogP contribution is -2.22. The number of nitrogens with one attached hydrogen (secondary N) is 1. The van der Waals surface area contributed by atoms with Crippen molar-refractivity contribution in [3.8, 4) is 5.69 Å². The van der Waals surface area contributed by atoms with Gasteiger partial charge in [-0.25, -0.2) is 9.37 Å². The van der Waals surface area contributed by atoms with Crippen molar-refractivity contribution in [1.82, 2.24) is 9.55 Å². The first kappa shape index (κ1) is 21.3. The second kappa shape index (κ2) is 8.64. The van der Waals surface area contributed by atoms with Crippen molar-refractivity contribution in [1.29, 1.82) is 0 Å². The number of nitrogens with zero attached hydrogens (tertiary/aromatic N) is 2. The van der Waals surface area contributed by atoms with E-state index in [1.54, 1.807) is 23.6 Å². The van der Waals surface area contributed by atoms with Crippen LogP contribution in [0.1, 0.15) is 16.7 Å². The van der Waals surface area contributed by atoms with Crippen molar-refractivity contribution in [3.63, 3.8) is 0 Å². The van der Waals surface area contributed by atoms with Crippen LogP contribution in [0, 0.1) is 26.6 Å². The summed E-state index contributed by atoms with van der Waals surface area (Å²) in [7, 11) is 0. The summed E-state index contributed by atoms with van der Waals surface area (Å²) in [6.45, 7) is 5.80. The number of benzene rings is 2. The molecule has 4 rings (SSSR count). The van der Waals surface area contributed by atoms with Gasteiger partial charge in [0.25, 0.3) is 5.56 Å². The summed E-state index contributed by atoms with van der Waals surface area (Å²) in [5.74, 6) is -0.685. The molecule has 0 aliphatic carbocycles. The molecule has 4 aromatic rings. The maximum atomic E-state index is 13.5. The van der Waals surface area contributed by atoms with Gasteiger partial charge in [-0.15, -0.1) is 11.3 Å². The number of aromatic nitrogens is 2. The molecule has 0 aliphatic rings. The molecule has 2 aromatic carbocycles. The van der Waals surface area contributed by atoms with Gasteiger partial charge < -0.3 is 5.32 Å². The number of carbonyl (C=O) groups excluding carboxylic acids is 1. The van der Waals surface area contributed by atoms with Crippen molar-refractivity contribution in [2.24, 2.45) is 0 Å². The SMILES string of the molecule is Cc1ccc(-n2c(SCC(=O)Nc3cc(F)ccc3C)nc3ccsc3c2=O)cc1C. The van der Waals surface area contributed by atoms with E-state index in [0.29, 0.717) is 26.7 Å². The van der Waals surface area contributed by atoms with Gasteiger partial charge in [0.2, 0.25) is 5.91 Å². The fourth-order valence-corrected chi connectivity index (χ4v) is 4.70. The van der Waals surface area contributed by atoms with Crippen LogP contribution in [0.5, 0.6) is 0 Å². The van der Waals surface area contributed by atoms with Crippen molar-refractivity contribution < 1.29 is 9.18 Å². The Hall–Kier alpha value is -2.97. The van der Waals surface area contributed by atoms with Crippen LogP contribution in [0.3, 0.4) is 0 Å². The second-order valence-corrected chi connectivity index (χ2v) is 9.09. The molecular formula is C23H20FN3O2S2. The van der Waals surface area contributed by atoms with Gasteiger partial charge in [-0.3, -0.25) is 14.2 Å². The van der Waals surface area contributed by atoms with Gasteiger partial charge in [0.05, 0.1) is 17.0 Å². The smallest absolute Gasteiger partial charge is 0.276 e. The summed E-state index contributed by atoms with van der Waals surface area (Å²) >= 11 is 2.52. The number of carbonyl (C=O) groups is 1. The van der Waals surface area contributed by atoms with E-state index in [9.17, 15) is 14.0 Å². The van der Waals surface area contributed by atoms with Gasteiger partial charge >= 0.3 is 0 Å². The zero-order chi connectivity index (χ0) is 22.1. The molecule has 2 aromatic heterocycles. The molecule has 31 heavy (non-hydrogen) atoms. The van der Waals surface area contributed by atoms with Gasteiger partial charge in [0, 0.05) is 5.69 Å². The number of anilines is 1. The average molecular weight is 454 g/mol. The third-order valence-corrected chi connectivity index (χ3v) is 6.83. The van der Waals surface area contributed by atoms with Crippen LogP contribution >= 0.6 is 23.1 Å². The molecular weight excluding hydrogens is 433 g/mol. The third-order valence-electron chi connectivity index (χ3n) is 5.00. The van der Waals surface area contributed by atoms with E-state index in [0.717, 1.165) is 16.7 Å². The van der Waals surface area contributed by atoms with Crippen LogP contribution in [-0.2, 0) is 4.79 Å². The summed E-state index contributed by atoms with van der Waals surface area (Å²) in [6, 6.07) is 11.8. The minimum atomic E-state index is -0.415. The minimum absolute atomic E-state index is 0.0306. The van der Waals surface area contributed by atoms with Crippen LogP contribution in [0.15, 0.2) is 57.8 Å². The molecule has 8 heteroatoms. The monoisotopic (exact) mass is 453 g/mol. The lowest BCUT2D eigenvalue weighted by molar-refractivity contribution is -0.113. The topological polar surface area (TPSA) is 64.0 Å². The molecule has 0 radical (unpaired) electrons. The first-order valence-corrected chi connectivity index (χ1v) is 11.5. The fraction of sp³-hybridized carbons (Fsp3) is 0.174. The van der Waals surface area contributed by atoms with Crippen LogP contribution in [0.2, 0.25) is 0 Å². The predicted octanol–water partition coefficient (Wildman–Crippen LogP) is 5.24. The maximum Gasteiger partial charge on any atom is 0.276 e. The Balaban J connectivity index is 1.66. The van der Waals surface area contributed by atoms with Crippen LogP contribution in [0.25, 0.3) is 15.9 Å².